The average molecular weight is 562 g/mol. The zero-order valence-corrected chi connectivity index (χ0v) is 21.3. The molecule has 0 radical (unpaired) electrons. The smallest absolute Gasteiger partial charge is 0.489 e. The highest BCUT2D eigenvalue weighted by atomic mass is 19.4. The topological polar surface area (TPSA) is 127 Å². The minimum absolute atomic E-state index is 0.0841. The lowest BCUT2D eigenvalue weighted by atomic mass is 9.98. The van der Waals surface area contributed by atoms with Crippen LogP contribution in [0.1, 0.15) is 40.9 Å². The fourth-order valence-corrected chi connectivity index (χ4v) is 4.41. The van der Waals surface area contributed by atoms with Gasteiger partial charge in [-0.15, -0.1) is 0 Å². The number of aromatic nitrogens is 1. The van der Waals surface area contributed by atoms with Crippen molar-refractivity contribution in [1.82, 2.24) is 15.5 Å². The van der Waals surface area contributed by atoms with E-state index in [0.717, 1.165) is 22.2 Å². The molecule has 0 spiro atoms. The highest BCUT2D eigenvalue weighted by Gasteiger charge is 2.46. The maximum Gasteiger partial charge on any atom is 0.493 e. The second-order valence-electron chi connectivity index (χ2n) is 9.12. The largest absolute Gasteiger partial charge is 0.493 e. The number of pyridine rings is 1. The Bertz CT molecular complexity index is 1380. The van der Waals surface area contributed by atoms with E-state index in [4.69, 9.17) is 14.7 Å². The number of carbonyl (C=O) groups is 3. The highest BCUT2D eigenvalue weighted by Crippen LogP contribution is 2.28. The Morgan fingerprint density at radius 1 is 1.15 bits per heavy atom. The molecule has 2 N–H and O–H groups in total. The number of hydroxylamine groups is 3. The molecular weight excluding hydrogens is 535 g/mol. The normalized spacial score (nSPS) is 17.2. The van der Waals surface area contributed by atoms with E-state index in [9.17, 15) is 27.6 Å². The first-order valence-corrected chi connectivity index (χ1v) is 12.3. The molecule has 3 aromatic rings. The maximum atomic E-state index is 13.3. The number of hydrogen-bond donors (Lipinski definition) is 2. The number of halogens is 3. The van der Waals surface area contributed by atoms with Crippen molar-refractivity contribution in [3.05, 3.63) is 71.4 Å². The summed E-state index contributed by atoms with van der Waals surface area (Å²) in [7, 11) is 0. The quantitative estimate of drug-likeness (QED) is 0.327. The summed E-state index contributed by atoms with van der Waals surface area (Å²) in [5.74, 6) is -4.15. The van der Waals surface area contributed by atoms with E-state index in [1.165, 1.54) is 29.7 Å². The number of carbonyl (C=O) groups excluding carboxylic acids is 3. The van der Waals surface area contributed by atoms with Gasteiger partial charge in [-0.05, 0) is 56.2 Å². The number of para-hydroxylation sites is 1. The lowest BCUT2D eigenvalue weighted by molar-refractivity contribution is -0.243. The van der Waals surface area contributed by atoms with Gasteiger partial charge in [-0.3, -0.25) is 19.8 Å². The molecule has 1 fully saturated rings. The van der Waals surface area contributed by atoms with E-state index in [1.54, 1.807) is 0 Å². The van der Waals surface area contributed by atoms with Gasteiger partial charge in [0, 0.05) is 28.8 Å². The standard InChI is InChI=1S/C27H26F3N3O7/c1-16-13-18(20-5-2-3-6-21(20)31-16)15-39-19-10-8-17(9-11-19)25(35)33(40-26(36)27(28,29)30)22-7-4-12-38-23(22)14-24(34)32-37/h2-3,5-6,8-11,13,22-23,37H,4,7,12,14-15H2,1H3,(H,32,34)/t22-,23-/m0/s1. The minimum atomic E-state index is -5.38. The van der Waals surface area contributed by atoms with Gasteiger partial charge in [0.2, 0.25) is 5.91 Å². The second-order valence-corrected chi connectivity index (χ2v) is 9.12. The fraction of sp³-hybridized carbons (Fsp3) is 0.333. The predicted molar refractivity (Wildman–Crippen MR) is 133 cm³/mol. The van der Waals surface area contributed by atoms with Gasteiger partial charge in [0.25, 0.3) is 5.91 Å². The van der Waals surface area contributed by atoms with Gasteiger partial charge >= 0.3 is 12.1 Å². The predicted octanol–water partition coefficient (Wildman–Crippen LogP) is 4.03. The van der Waals surface area contributed by atoms with Crippen molar-refractivity contribution >= 4 is 28.7 Å². The molecule has 2 heterocycles. The molecule has 10 nitrogen and oxygen atoms in total. The minimum Gasteiger partial charge on any atom is -0.489 e. The zero-order chi connectivity index (χ0) is 28.9. The summed E-state index contributed by atoms with van der Waals surface area (Å²) in [5, 5.41) is 10.1. The summed E-state index contributed by atoms with van der Waals surface area (Å²) < 4.78 is 50.5. The van der Waals surface area contributed by atoms with E-state index in [1.807, 2.05) is 37.3 Å². The Hall–Kier alpha value is -4.23. The Labute approximate surface area is 226 Å². The van der Waals surface area contributed by atoms with Crippen LogP contribution in [-0.2, 0) is 25.8 Å². The van der Waals surface area contributed by atoms with E-state index in [0.29, 0.717) is 17.2 Å². The molecule has 2 aromatic carbocycles. The zero-order valence-electron chi connectivity index (χ0n) is 21.3. The van der Waals surface area contributed by atoms with E-state index in [2.05, 4.69) is 9.82 Å². The number of fused-ring (bicyclic) bond motifs is 1. The first-order chi connectivity index (χ1) is 19.1. The van der Waals surface area contributed by atoms with Crippen molar-refractivity contribution in [3.63, 3.8) is 0 Å². The first-order valence-electron chi connectivity index (χ1n) is 12.3. The molecule has 2 atom stereocenters. The highest BCUT2D eigenvalue weighted by molar-refractivity contribution is 5.95. The summed E-state index contributed by atoms with van der Waals surface area (Å²) in [5.41, 5.74) is 3.84. The van der Waals surface area contributed by atoms with E-state index < -0.39 is 42.5 Å². The Morgan fingerprint density at radius 2 is 1.88 bits per heavy atom. The first kappa shape index (κ1) is 28.8. The van der Waals surface area contributed by atoms with Crippen molar-refractivity contribution in [1.29, 1.82) is 0 Å². The molecule has 2 amide bonds. The van der Waals surface area contributed by atoms with Crippen molar-refractivity contribution in [2.45, 2.75) is 51.1 Å². The van der Waals surface area contributed by atoms with Crippen LogP contribution in [0.25, 0.3) is 10.9 Å². The monoisotopic (exact) mass is 561 g/mol. The molecule has 1 aliphatic heterocycles. The second kappa shape index (κ2) is 12.3. The van der Waals surface area contributed by atoms with Crippen LogP contribution in [0.2, 0.25) is 0 Å². The van der Waals surface area contributed by atoms with Crippen LogP contribution in [-0.4, -0.2) is 58.0 Å². The van der Waals surface area contributed by atoms with Crippen LogP contribution in [0, 0.1) is 6.92 Å². The molecule has 40 heavy (non-hydrogen) atoms. The number of amides is 2. The lowest BCUT2D eigenvalue weighted by Crippen LogP contribution is -2.53. The van der Waals surface area contributed by atoms with Gasteiger partial charge in [0.15, 0.2) is 0 Å². The molecule has 0 unspecified atom stereocenters. The third kappa shape index (κ3) is 6.85. The molecule has 1 saturated heterocycles. The van der Waals surface area contributed by atoms with Crippen LogP contribution in [0.4, 0.5) is 13.2 Å². The number of benzene rings is 2. The van der Waals surface area contributed by atoms with Crippen LogP contribution in [0.3, 0.4) is 0 Å². The lowest BCUT2D eigenvalue weighted by Gasteiger charge is -2.37. The molecule has 13 heteroatoms. The number of nitrogens with zero attached hydrogens (tertiary/aromatic N) is 2. The van der Waals surface area contributed by atoms with Gasteiger partial charge in [0.05, 0.1) is 24.1 Å². The third-order valence-corrected chi connectivity index (χ3v) is 6.26. The summed E-state index contributed by atoms with van der Waals surface area (Å²) in [6.07, 6.45) is -6.58. The number of rotatable bonds is 7. The number of hydrogen-bond acceptors (Lipinski definition) is 8. The summed E-state index contributed by atoms with van der Waals surface area (Å²) in [4.78, 5) is 45.7. The van der Waals surface area contributed by atoms with Crippen LogP contribution < -0.4 is 10.2 Å². The molecule has 4 rings (SSSR count). The van der Waals surface area contributed by atoms with Crippen molar-refractivity contribution in [2.24, 2.45) is 0 Å². The van der Waals surface area contributed by atoms with Crippen molar-refractivity contribution < 1.29 is 47.1 Å². The molecular formula is C27H26F3N3O7. The molecule has 1 aliphatic rings. The van der Waals surface area contributed by atoms with E-state index >= 15 is 0 Å². The number of alkyl halides is 3. The number of aryl methyl sites for hydroxylation is 1. The van der Waals surface area contributed by atoms with E-state index in [-0.39, 0.29) is 25.2 Å². The van der Waals surface area contributed by atoms with Gasteiger partial charge < -0.3 is 14.3 Å². The van der Waals surface area contributed by atoms with Gasteiger partial charge in [-0.1, -0.05) is 18.2 Å². The molecule has 212 valence electrons. The summed E-state index contributed by atoms with van der Waals surface area (Å²) >= 11 is 0. The molecule has 0 aliphatic carbocycles. The molecule has 0 saturated carbocycles. The molecule has 0 bridgehead atoms. The Balaban J connectivity index is 1.54. The maximum absolute atomic E-state index is 13.3. The van der Waals surface area contributed by atoms with Gasteiger partial charge in [-0.25, -0.2) is 10.3 Å². The SMILES string of the molecule is Cc1cc(COc2ccc(C(=O)N(OC(=O)C(F)(F)F)[C@H]3CCCO[C@H]3CC(=O)NO)cc2)c2ccccc2n1. The summed E-state index contributed by atoms with van der Waals surface area (Å²) in [6.45, 7) is 2.22. The van der Waals surface area contributed by atoms with Crippen LogP contribution >= 0.6 is 0 Å². The van der Waals surface area contributed by atoms with Crippen LogP contribution in [0.15, 0.2) is 54.6 Å². The van der Waals surface area contributed by atoms with Crippen LogP contribution in [0.5, 0.6) is 5.75 Å². The molecule has 1 aromatic heterocycles. The summed E-state index contributed by atoms with van der Waals surface area (Å²) in [6, 6.07) is 13.8. The third-order valence-electron chi connectivity index (χ3n) is 6.26. The van der Waals surface area contributed by atoms with Gasteiger partial charge in [0.1, 0.15) is 12.4 Å². The number of nitrogens with one attached hydrogen (secondary N) is 1. The Morgan fingerprint density at radius 3 is 2.58 bits per heavy atom. The fourth-order valence-electron chi connectivity index (χ4n) is 4.41. The van der Waals surface area contributed by atoms with Crippen molar-refractivity contribution in [2.75, 3.05) is 6.61 Å². The average Bonchev–Trinajstić information content (AvgIpc) is 2.94. The number of ether oxygens (including phenoxy) is 2. The van der Waals surface area contributed by atoms with Crippen molar-refractivity contribution in [3.8, 4) is 5.75 Å². The Kier molecular flexibility index (Phi) is 8.85. The van der Waals surface area contributed by atoms with Gasteiger partial charge in [-0.2, -0.15) is 18.2 Å².